The molecule has 122 valence electrons. The minimum atomic E-state index is -0.456. The number of ether oxygens (including phenoxy) is 1. The molecule has 1 aromatic rings. The Morgan fingerprint density at radius 1 is 1.36 bits per heavy atom. The zero-order valence-electron chi connectivity index (χ0n) is 13.9. The third-order valence-electron chi connectivity index (χ3n) is 3.59. The van der Waals surface area contributed by atoms with Gasteiger partial charge in [0.1, 0.15) is 11.4 Å². The summed E-state index contributed by atoms with van der Waals surface area (Å²) in [6, 6.07) is 4.23. The molecule has 2 rings (SSSR count). The number of hydrogen-bond donors (Lipinski definition) is 0. The molecule has 0 N–H and O–H groups in total. The molecule has 1 fully saturated rings. The maximum absolute atomic E-state index is 12.2. The van der Waals surface area contributed by atoms with Crippen LogP contribution in [0, 0.1) is 10.5 Å². The number of anilines is 1. The first-order chi connectivity index (χ1) is 10.2. The summed E-state index contributed by atoms with van der Waals surface area (Å²) in [4.78, 5) is 20.9. The van der Waals surface area contributed by atoms with Crippen molar-refractivity contribution < 1.29 is 9.53 Å². The monoisotopic (exact) mass is 417 g/mol. The first kappa shape index (κ1) is 17.3. The molecule has 0 bridgehead atoms. The summed E-state index contributed by atoms with van der Waals surface area (Å²) in [6.45, 7) is 11.9. The van der Waals surface area contributed by atoms with Gasteiger partial charge in [-0.15, -0.1) is 0 Å². The highest BCUT2D eigenvalue weighted by Crippen LogP contribution is 2.21. The number of pyridine rings is 1. The van der Waals surface area contributed by atoms with E-state index in [0.29, 0.717) is 6.54 Å². The highest BCUT2D eigenvalue weighted by atomic mass is 127. The summed E-state index contributed by atoms with van der Waals surface area (Å²) in [5.41, 5.74) is 0.586. The molecule has 6 heteroatoms. The number of rotatable bonds is 1. The van der Waals surface area contributed by atoms with Crippen molar-refractivity contribution in [3.63, 3.8) is 0 Å². The van der Waals surface area contributed by atoms with Crippen molar-refractivity contribution in [3.05, 3.63) is 21.4 Å². The van der Waals surface area contributed by atoms with Crippen LogP contribution in [0.5, 0.6) is 0 Å². The topological polar surface area (TPSA) is 45.7 Å². The molecule has 1 saturated heterocycles. The number of carbonyl (C=O) groups excluding carboxylic acids is 1. The number of piperazine rings is 1. The van der Waals surface area contributed by atoms with Crippen LogP contribution in [-0.4, -0.2) is 47.3 Å². The number of nitrogens with zero attached hydrogens (tertiary/aromatic N) is 3. The van der Waals surface area contributed by atoms with Crippen molar-refractivity contribution in [2.75, 3.05) is 24.5 Å². The van der Waals surface area contributed by atoms with Crippen LogP contribution in [0.1, 0.15) is 33.4 Å². The standard InChI is InChI=1S/C16H24IN3O2/c1-11-10-19(14-7-6-13(17)12(2)18-14)8-9-20(11)15(21)22-16(3,4)5/h6-7,11H,8-10H2,1-5H3. The van der Waals surface area contributed by atoms with Crippen LogP contribution in [0.15, 0.2) is 12.1 Å². The van der Waals surface area contributed by atoms with Crippen molar-refractivity contribution >= 4 is 34.5 Å². The van der Waals surface area contributed by atoms with E-state index in [2.05, 4.69) is 45.5 Å². The molecule has 22 heavy (non-hydrogen) atoms. The van der Waals surface area contributed by atoms with Gasteiger partial charge in [-0.25, -0.2) is 9.78 Å². The highest BCUT2D eigenvalue weighted by molar-refractivity contribution is 14.1. The van der Waals surface area contributed by atoms with Gasteiger partial charge in [-0.3, -0.25) is 0 Å². The fraction of sp³-hybridized carbons (Fsp3) is 0.625. The lowest BCUT2D eigenvalue weighted by atomic mass is 10.2. The van der Waals surface area contributed by atoms with Crippen molar-refractivity contribution in [2.24, 2.45) is 0 Å². The average molecular weight is 417 g/mol. The Balaban J connectivity index is 2.03. The summed E-state index contributed by atoms with van der Waals surface area (Å²) in [5, 5.41) is 0. The van der Waals surface area contributed by atoms with Crippen LogP contribution in [-0.2, 0) is 4.74 Å². The molecule has 1 amide bonds. The number of halogens is 1. The van der Waals surface area contributed by atoms with Gasteiger partial charge in [0.05, 0.1) is 5.69 Å². The predicted octanol–water partition coefficient (Wildman–Crippen LogP) is 3.44. The van der Waals surface area contributed by atoms with Gasteiger partial charge < -0.3 is 14.5 Å². The molecule has 2 heterocycles. The van der Waals surface area contributed by atoms with E-state index in [0.717, 1.165) is 24.6 Å². The fourth-order valence-corrected chi connectivity index (χ4v) is 2.76. The Bertz CT molecular complexity index is 557. The zero-order chi connectivity index (χ0) is 16.5. The van der Waals surface area contributed by atoms with Crippen LogP contribution in [0.25, 0.3) is 0 Å². The fourth-order valence-electron chi connectivity index (χ4n) is 2.46. The van der Waals surface area contributed by atoms with Crippen LogP contribution >= 0.6 is 22.6 Å². The number of hydrogen-bond acceptors (Lipinski definition) is 4. The van der Waals surface area contributed by atoms with Crippen LogP contribution in [0.2, 0.25) is 0 Å². The number of amides is 1. The number of carbonyl (C=O) groups is 1. The summed E-state index contributed by atoms with van der Waals surface area (Å²) < 4.78 is 6.64. The van der Waals surface area contributed by atoms with E-state index in [4.69, 9.17) is 4.74 Å². The molecule has 0 spiro atoms. The third-order valence-corrected chi connectivity index (χ3v) is 4.73. The Kier molecular flexibility index (Phi) is 5.19. The second-order valence-electron chi connectivity index (χ2n) is 6.71. The van der Waals surface area contributed by atoms with E-state index in [-0.39, 0.29) is 12.1 Å². The first-order valence-corrected chi connectivity index (χ1v) is 8.63. The average Bonchev–Trinajstić information content (AvgIpc) is 2.39. The summed E-state index contributed by atoms with van der Waals surface area (Å²) in [6.07, 6.45) is -0.230. The van der Waals surface area contributed by atoms with Crippen molar-refractivity contribution in [1.82, 2.24) is 9.88 Å². The van der Waals surface area contributed by atoms with Crippen molar-refractivity contribution in [1.29, 1.82) is 0 Å². The SMILES string of the molecule is Cc1nc(N2CCN(C(=O)OC(C)(C)C)C(C)C2)ccc1I. The van der Waals surface area contributed by atoms with E-state index in [1.54, 1.807) is 4.90 Å². The van der Waals surface area contributed by atoms with E-state index >= 15 is 0 Å². The van der Waals surface area contributed by atoms with Crippen molar-refractivity contribution in [3.8, 4) is 0 Å². The minimum Gasteiger partial charge on any atom is -0.444 e. The normalized spacial score (nSPS) is 19.3. The van der Waals surface area contributed by atoms with E-state index in [1.807, 2.05) is 33.8 Å². The Labute approximate surface area is 146 Å². The third kappa shape index (κ3) is 4.24. The Hall–Kier alpha value is -1.05. The highest BCUT2D eigenvalue weighted by Gasteiger charge is 2.31. The lowest BCUT2D eigenvalue weighted by molar-refractivity contribution is 0.0158. The quantitative estimate of drug-likeness (QED) is 0.657. The molecule has 1 atom stereocenters. The molecular weight excluding hydrogens is 393 g/mol. The van der Waals surface area contributed by atoms with Gasteiger partial charge in [0.15, 0.2) is 0 Å². The molecule has 5 nitrogen and oxygen atoms in total. The summed E-state index contributed by atoms with van der Waals surface area (Å²) in [7, 11) is 0. The van der Waals surface area contributed by atoms with E-state index < -0.39 is 5.60 Å². The second-order valence-corrected chi connectivity index (χ2v) is 7.87. The molecular formula is C16H24IN3O2. The largest absolute Gasteiger partial charge is 0.444 e. The van der Waals surface area contributed by atoms with E-state index in [1.165, 1.54) is 3.57 Å². The molecule has 1 aliphatic rings. The predicted molar refractivity (Wildman–Crippen MR) is 96.3 cm³/mol. The van der Waals surface area contributed by atoms with Gasteiger partial charge in [0, 0.05) is 29.2 Å². The lowest BCUT2D eigenvalue weighted by Gasteiger charge is -2.40. The number of aryl methyl sites for hydroxylation is 1. The van der Waals surface area contributed by atoms with Gasteiger partial charge in [-0.05, 0) is 69.3 Å². The molecule has 1 unspecified atom stereocenters. The molecule has 1 aromatic heterocycles. The van der Waals surface area contributed by atoms with Gasteiger partial charge in [0.2, 0.25) is 0 Å². The molecule has 0 aromatic carbocycles. The lowest BCUT2D eigenvalue weighted by Crippen LogP contribution is -2.55. The molecule has 1 aliphatic heterocycles. The summed E-state index contributed by atoms with van der Waals surface area (Å²) >= 11 is 2.29. The van der Waals surface area contributed by atoms with Crippen LogP contribution in [0.3, 0.4) is 0 Å². The van der Waals surface area contributed by atoms with Crippen molar-refractivity contribution in [2.45, 2.75) is 46.3 Å². The molecule has 0 radical (unpaired) electrons. The van der Waals surface area contributed by atoms with Crippen LogP contribution < -0.4 is 4.90 Å². The zero-order valence-corrected chi connectivity index (χ0v) is 16.0. The maximum atomic E-state index is 12.2. The van der Waals surface area contributed by atoms with Crippen LogP contribution in [0.4, 0.5) is 10.6 Å². The Morgan fingerprint density at radius 3 is 2.59 bits per heavy atom. The maximum Gasteiger partial charge on any atom is 0.410 e. The summed E-state index contributed by atoms with van der Waals surface area (Å²) in [5.74, 6) is 0.980. The molecule has 0 saturated carbocycles. The first-order valence-electron chi connectivity index (χ1n) is 7.55. The van der Waals surface area contributed by atoms with Gasteiger partial charge >= 0.3 is 6.09 Å². The smallest absolute Gasteiger partial charge is 0.410 e. The van der Waals surface area contributed by atoms with Gasteiger partial charge in [-0.2, -0.15) is 0 Å². The molecule has 0 aliphatic carbocycles. The second kappa shape index (κ2) is 6.60. The Morgan fingerprint density at radius 2 is 2.05 bits per heavy atom. The number of aromatic nitrogens is 1. The van der Waals surface area contributed by atoms with Gasteiger partial charge in [0.25, 0.3) is 0 Å². The van der Waals surface area contributed by atoms with E-state index in [9.17, 15) is 4.79 Å². The minimum absolute atomic E-state index is 0.102. The van der Waals surface area contributed by atoms with Gasteiger partial charge in [-0.1, -0.05) is 0 Å².